The number of aromatic amines is 1. The van der Waals surface area contributed by atoms with Crippen molar-refractivity contribution in [3.05, 3.63) is 35.7 Å². The van der Waals surface area contributed by atoms with Gasteiger partial charge in [-0.2, -0.15) is 15.2 Å². The van der Waals surface area contributed by atoms with Gasteiger partial charge in [0.2, 0.25) is 5.95 Å². The number of aryl methyl sites for hydroxylation is 1. The lowest BCUT2D eigenvalue weighted by molar-refractivity contribution is 0.183. The molecule has 9 nitrogen and oxygen atoms in total. The predicted molar refractivity (Wildman–Crippen MR) is 98.5 cm³/mol. The third kappa shape index (κ3) is 3.02. The Kier molecular flexibility index (Phi) is 4.31. The molecule has 1 aromatic carbocycles. The predicted octanol–water partition coefficient (Wildman–Crippen LogP) is 2.60. The number of hydrogen-bond donors (Lipinski definition) is 2. The summed E-state index contributed by atoms with van der Waals surface area (Å²) in [6.07, 6.45) is 5.32. The van der Waals surface area contributed by atoms with Crippen LogP contribution >= 0.6 is 11.6 Å². The number of methoxy groups -OCH3 is 1. The molecule has 0 fully saturated rings. The maximum atomic E-state index is 6.46. The van der Waals surface area contributed by atoms with Crippen molar-refractivity contribution in [3.8, 4) is 11.4 Å². The van der Waals surface area contributed by atoms with Crippen LogP contribution in [0.15, 0.2) is 30.7 Å². The minimum atomic E-state index is 0.577. The van der Waals surface area contributed by atoms with Crippen LogP contribution in [0.5, 0.6) is 0 Å². The molecule has 0 radical (unpaired) electrons. The van der Waals surface area contributed by atoms with Crippen LogP contribution in [0.4, 0.5) is 11.6 Å². The minimum absolute atomic E-state index is 0.577. The molecule has 26 heavy (non-hydrogen) atoms. The van der Waals surface area contributed by atoms with Gasteiger partial charge in [-0.25, -0.2) is 4.68 Å². The molecule has 0 aliphatic rings. The van der Waals surface area contributed by atoms with E-state index < -0.39 is 0 Å². The molecule has 3 heterocycles. The number of nitrogens with one attached hydrogen (secondary N) is 2. The van der Waals surface area contributed by atoms with Crippen LogP contribution in [-0.2, 0) is 18.3 Å². The first-order valence-electron chi connectivity index (χ1n) is 7.97. The fourth-order valence-electron chi connectivity index (χ4n) is 2.60. The topological polar surface area (TPSA) is 98.5 Å². The summed E-state index contributed by atoms with van der Waals surface area (Å²) in [4.78, 5) is 4.55. The van der Waals surface area contributed by atoms with Crippen LogP contribution in [-0.4, -0.2) is 48.5 Å². The first-order valence-corrected chi connectivity index (χ1v) is 8.35. The van der Waals surface area contributed by atoms with Crippen molar-refractivity contribution in [3.63, 3.8) is 0 Å². The fraction of sp³-hybridized carbons (Fsp3) is 0.250. The number of hydrogen-bond acceptors (Lipinski definition) is 6. The molecule has 0 bridgehead atoms. The number of anilines is 2. The van der Waals surface area contributed by atoms with Gasteiger partial charge in [-0.15, -0.1) is 5.10 Å². The van der Waals surface area contributed by atoms with Crippen molar-refractivity contribution in [1.29, 1.82) is 0 Å². The van der Waals surface area contributed by atoms with Gasteiger partial charge in [-0.05, 0) is 12.1 Å². The molecule has 0 saturated carbocycles. The summed E-state index contributed by atoms with van der Waals surface area (Å²) in [6.45, 7) is 1.27. The second-order valence-corrected chi connectivity index (χ2v) is 6.13. The van der Waals surface area contributed by atoms with E-state index >= 15 is 0 Å². The molecule has 0 spiro atoms. The summed E-state index contributed by atoms with van der Waals surface area (Å²) in [6, 6.07) is 3.79. The summed E-state index contributed by atoms with van der Waals surface area (Å²) < 4.78 is 8.52. The highest BCUT2D eigenvalue weighted by molar-refractivity contribution is 6.38. The van der Waals surface area contributed by atoms with Gasteiger partial charge in [0.1, 0.15) is 0 Å². The Balaban J connectivity index is 1.60. The molecule has 2 N–H and O–H groups in total. The Bertz CT molecular complexity index is 1050. The molecule has 0 saturated heterocycles. The van der Waals surface area contributed by atoms with Crippen molar-refractivity contribution < 1.29 is 4.74 Å². The van der Waals surface area contributed by atoms with Crippen LogP contribution in [0.25, 0.3) is 22.3 Å². The van der Waals surface area contributed by atoms with Crippen LogP contribution in [0.1, 0.15) is 0 Å². The first-order chi connectivity index (χ1) is 12.7. The van der Waals surface area contributed by atoms with E-state index in [1.807, 2.05) is 25.4 Å². The highest BCUT2D eigenvalue weighted by atomic mass is 35.5. The Morgan fingerprint density at radius 2 is 2.19 bits per heavy atom. The van der Waals surface area contributed by atoms with E-state index in [-0.39, 0.29) is 0 Å². The normalized spacial score (nSPS) is 11.3. The standard InChI is InChI=1S/C16H17ClN8O/c1-24-16(20-13-4-3-12-11(14(13)17)8-18-22-12)21-15(23-24)10-7-19-25(9-10)5-6-26-2/h3-4,7-9H,5-6H2,1-2H3,(H,18,22)(H,20,21,23). The van der Waals surface area contributed by atoms with Gasteiger partial charge in [0.05, 0.1) is 47.3 Å². The molecular weight excluding hydrogens is 356 g/mol. The van der Waals surface area contributed by atoms with Gasteiger partial charge in [0, 0.05) is 25.7 Å². The zero-order chi connectivity index (χ0) is 18.1. The number of nitrogens with zero attached hydrogens (tertiary/aromatic N) is 6. The van der Waals surface area contributed by atoms with Gasteiger partial charge >= 0.3 is 0 Å². The Morgan fingerprint density at radius 3 is 3.04 bits per heavy atom. The van der Waals surface area contributed by atoms with Gasteiger partial charge in [-0.3, -0.25) is 9.78 Å². The third-order valence-electron chi connectivity index (χ3n) is 3.98. The molecule has 4 rings (SSSR count). The lowest BCUT2D eigenvalue weighted by Crippen LogP contribution is -2.03. The van der Waals surface area contributed by atoms with Crippen LogP contribution in [0.2, 0.25) is 5.02 Å². The Morgan fingerprint density at radius 1 is 1.31 bits per heavy atom. The monoisotopic (exact) mass is 372 g/mol. The molecule has 10 heteroatoms. The summed E-state index contributed by atoms with van der Waals surface area (Å²) in [5.41, 5.74) is 2.45. The van der Waals surface area contributed by atoms with E-state index in [9.17, 15) is 0 Å². The lowest BCUT2D eigenvalue weighted by atomic mass is 10.2. The fourth-order valence-corrected chi connectivity index (χ4v) is 2.86. The molecule has 4 aromatic rings. The van der Waals surface area contributed by atoms with Crippen LogP contribution in [0.3, 0.4) is 0 Å². The van der Waals surface area contributed by atoms with Crippen LogP contribution in [0, 0.1) is 0 Å². The Labute approximate surface area is 153 Å². The quantitative estimate of drug-likeness (QED) is 0.539. The third-order valence-corrected chi connectivity index (χ3v) is 4.39. The second-order valence-electron chi connectivity index (χ2n) is 5.75. The van der Waals surface area contributed by atoms with Crippen molar-refractivity contribution in [2.75, 3.05) is 19.0 Å². The highest BCUT2D eigenvalue weighted by Gasteiger charge is 2.14. The van der Waals surface area contributed by atoms with Crippen molar-refractivity contribution in [2.45, 2.75) is 6.54 Å². The minimum Gasteiger partial charge on any atom is -0.383 e. The van der Waals surface area contributed by atoms with E-state index in [2.05, 4.69) is 30.7 Å². The molecule has 0 atom stereocenters. The average molecular weight is 373 g/mol. The lowest BCUT2D eigenvalue weighted by Gasteiger charge is -2.07. The van der Waals surface area contributed by atoms with E-state index in [0.717, 1.165) is 22.2 Å². The van der Waals surface area contributed by atoms with Gasteiger partial charge < -0.3 is 10.1 Å². The van der Waals surface area contributed by atoms with E-state index in [0.29, 0.717) is 29.9 Å². The maximum Gasteiger partial charge on any atom is 0.226 e. The number of ether oxygens (including phenoxy) is 1. The van der Waals surface area contributed by atoms with Gasteiger partial charge in [0.15, 0.2) is 5.82 Å². The molecule has 3 aromatic heterocycles. The highest BCUT2D eigenvalue weighted by Crippen LogP contribution is 2.31. The smallest absolute Gasteiger partial charge is 0.226 e. The molecule has 134 valence electrons. The molecular formula is C16H17ClN8O. The molecule has 0 unspecified atom stereocenters. The average Bonchev–Trinajstić information content (AvgIpc) is 3.36. The SMILES string of the molecule is COCCn1cc(-c2nc(Nc3ccc4[nH]ncc4c3Cl)n(C)n2)cn1. The van der Waals surface area contributed by atoms with E-state index in [1.54, 1.807) is 28.9 Å². The maximum absolute atomic E-state index is 6.46. The zero-order valence-electron chi connectivity index (χ0n) is 14.3. The molecule has 0 amide bonds. The number of H-pyrrole nitrogens is 1. The number of aromatic nitrogens is 7. The van der Waals surface area contributed by atoms with Crippen molar-refractivity contribution >= 4 is 34.1 Å². The largest absolute Gasteiger partial charge is 0.383 e. The van der Waals surface area contributed by atoms with Gasteiger partial charge in [-0.1, -0.05) is 11.6 Å². The summed E-state index contributed by atoms with van der Waals surface area (Å²) in [5, 5.41) is 20.3. The first kappa shape index (κ1) is 16.6. The number of fused-ring (bicyclic) bond motifs is 1. The zero-order valence-corrected chi connectivity index (χ0v) is 15.0. The summed E-state index contributed by atoms with van der Waals surface area (Å²) in [5.74, 6) is 1.16. The number of benzene rings is 1. The van der Waals surface area contributed by atoms with E-state index in [1.165, 1.54) is 0 Å². The second kappa shape index (κ2) is 6.77. The van der Waals surface area contributed by atoms with Gasteiger partial charge in [0.25, 0.3) is 0 Å². The van der Waals surface area contributed by atoms with Crippen LogP contribution < -0.4 is 5.32 Å². The van der Waals surface area contributed by atoms with E-state index in [4.69, 9.17) is 16.3 Å². The van der Waals surface area contributed by atoms with Crippen molar-refractivity contribution in [2.24, 2.45) is 7.05 Å². The number of halogens is 1. The summed E-state index contributed by atoms with van der Waals surface area (Å²) >= 11 is 6.46. The Hall–Kier alpha value is -2.91. The van der Waals surface area contributed by atoms with Crippen molar-refractivity contribution in [1.82, 2.24) is 34.7 Å². The summed E-state index contributed by atoms with van der Waals surface area (Å²) in [7, 11) is 3.48. The molecule has 0 aliphatic heterocycles. The molecule has 0 aliphatic carbocycles. The number of rotatable bonds is 6.